The maximum absolute atomic E-state index is 12.3. The van der Waals surface area contributed by atoms with Crippen molar-refractivity contribution in [2.24, 2.45) is 0 Å². The van der Waals surface area contributed by atoms with E-state index in [1.807, 2.05) is 55.5 Å². The van der Waals surface area contributed by atoms with Gasteiger partial charge in [-0.15, -0.1) is 0 Å². The van der Waals surface area contributed by atoms with Gasteiger partial charge in [0, 0.05) is 31.6 Å². The van der Waals surface area contributed by atoms with Crippen LogP contribution in [-0.2, 0) is 4.74 Å². The summed E-state index contributed by atoms with van der Waals surface area (Å²) in [5.74, 6) is 0.657. The molecule has 0 aromatic heterocycles. The molecule has 0 spiro atoms. The minimum absolute atomic E-state index is 0.296. The zero-order valence-electron chi connectivity index (χ0n) is 15.9. The maximum atomic E-state index is 12.3. The number of ether oxygens (including phenoxy) is 2. The smallest absolute Gasteiger partial charge is 0.323 e. The van der Waals surface area contributed by atoms with E-state index in [2.05, 4.69) is 15.5 Å². The fourth-order valence-corrected chi connectivity index (χ4v) is 3.24. The summed E-state index contributed by atoms with van der Waals surface area (Å²) in [6.45, 7) is 4.43. The van der Waals surface area contributed by atoms with Crippen LogP contribution >= 0.6 is 0 Å². The van der Waals surface area contributed by atoms with E-state index in [0.29, 0.717) is 24.1 Å². The van der Waals surface area contributed by atoms with Crippen molar-refractivity contribution >= 4 is 23.1 Å². The molecule has 0 radical (unpaired) electrons. The lowest BCUT2D eigenvalue weighted by Crippen LogP contribution is -2.36. The van der Waals surface area contributed by atoms with E-state index in [-0.39, 0.29) is 6.03 Å². The van der Waals surface area contributed by atoms with Gasteiger partial charge in [0.1, 0.15) is 5.75 Å². The summed E-state index contributed by atoms with van der Waals surface area (Å²) in [6, 6.07) is 15.0. The first-order valence-corrected chi connectivity index (χ1v) is 9.37. The summed E-state index contributed by atoms with van der Waals surface area (Å²) < 4.78 is 11.0. The van der Waals surface area contributed by atoms with Gasteiger partial charge in [0.05, 0.1) is 18.4 Å². The topological polar surface area (TPSA) is 62.8 Å². The number of rotatable bonds is 6. The predicted octanol–water partition coefficient (Wildman–Crippen LogP) is 4.34. The van der Waals surface area contributed by atoms with E-state index in [0.717, 1.165) is 37.3 Å². The van der Waals surface area contributed by atoms with Crippen molar-refractivity contribution < 1.29 is 14.3 Å². The van der Waals surface area contributed by atoms with Gasteiger partial charge in [-0.25, -0.2) is 4.79 Å². The number of methoxy groups -OCH3 is 1. The van der Waals surface area contributed by atoms with Crippen LogP contribution in [0.5, 0.6) is 5.75 Å². The van der Waals surface area contributed by atoms with Gasteiger partial charge in [0.25, 0.3) is 0 Å². The van der Waals surface area contributed by atoms with E-state index in [9.17, 15) is 4.79 Å². The Labute approximate surface area is 160 Å². The quantitative estimate of drug-likeness (QED) is 0.795. The molecule has 1 fully saturated rings. The van der Waals surface area contributed by atoms with Gasteiger partial charge < -0.3 is 25.0 Å². The highest BCUT2D eigenvalue weighted by Gasteiger charge is 2.18. The number of carbonyl (C=O) groups is 1. The second-order valence-corrected chi connectivity index (χ2v) is 6.48. The molecular weight excluding hydrogens is 342 g/mol. The highest BCUT2D eigenvalue weighted by molar-refractivity contribution is 6.00. The summed E-state index contributed by atoms with van der Waals surface area (Å²) in [5, 5.41) is 5.70. The summed E-state index contributed by atoms with van der Waals surface area (Å²) in [6.07, 6.45) is 2.45. The fraction of sp³-hybridized carbons (Fsp3) is 0.381. The Morgan fingerprint density at radius 2 is 1.78 bits per heavy atom. The van der Waals surface area contributed by atoms with Crippen molar-refractivity contribution in [3.63, 3.8) is 0 Å². The maximum Gasteiger partial charge on any atom is 0.323 e. The van der Waals surface area contributed by atoms with Gasteiger partial charge in [-0.2, -0.15) is 0 Å². The molecular formula is C21H27N3O3. The first kappa shape index (κ1) is 19.0. The van der Waals surface area contributed by atoms with Crippen molar-refractivity contribution in [3.05, 3.63) is 48.5 Å². The fourth-order valence-electron chi connectivity index (χ4n) is 3.24. The monoisotopic (exact) mass is 369 g/mol. The molecule has 6 heteroatoms. The number of para-hydroxylation sites is 2. The first-order chi connectivity index (χ1) is 13.2. The second-order valence-electron chi connectivity index (χ2n) is 6.48. The van der Waals surface area contributed by atoms with Crippen LogP contribution in [0.4, 0.5) is 21.9 Å². The summed E-state index contributed by atoms with van der Waals surface area (Å²) in [7, 11) is 1.78. The third-order valence-corrected chi connectivity index (χ3v) is 4.70. The molecule has 1 saturated heterocycles. The number of nitrogens with one attached hydrogen (secondary N) is 2. The molecule has 0 aliphatic carbocycles. The number of nitrogens with zero attached hydrogens (tertiary/aromatic N) is 1. The lowest BCUT2D eigenvalue weighted by Gasteiger charge is -2.33. The summed E-state index contributed by atoms with van der Waals surface area (Å²) in [4.78, 5) is 14.6. The van der Waals surface area contributed by atoms with Gasteiger partial charge in [-0.05, 0) is 56.2 Å². The highest BCUT2D eigenvalue weighted by atomic mass is 16.5. The van der Waals surface area contributed by atoms with Crippen LogP contribution < -0.4 is 20.3 Å². The average Bonchev–Trinajstić information content (AvgIpc) is 2.70. The number of urea groups is 1. The SMILES string of the molecule is CCOc1ccccc1NC(=O)Nc1ccc(N2CCC(OC)CC2)cc1. The van der Waals surface area contributed by atoms with E-state index in [1.165, 1.54) is 0 Å². The number of piperidine rings is 1. The predicted molar refractivity (Wildman–Crippen MR) is 109 cm³/mol. The molecule has 0 bridgehead atoms. The van der Waals surface area contributed by atoms with Crippen LogP contribution in [0.25, 0.3) is 0 Å². The third-order valence-electron chi connectivity index (χ3n) is 4.70. The molecule has 2 aromatic rings. The molecule has 0 atom stereocenters. The second kappa shape index (κ2) is 9.28. The molecule has 27 heavy (non-hydrogen) atoms. The van der Waals surface area contributed by atoms with Gasteiger partial charge in [-0.3, -0.25) is 0 Å². The van der Waals surface area contributed by atoms with Crippen LogP contribution in [0.15, 0.2) is 48.5 Å². The number of carbonyl (C=O) groups excluding carboxylic acids is 1. The molecule has 0 unspecified atom stereocenters. The van der Waals surface area contributed by atoms with Gasteiger partial charge in [0.15, 0.2) is 0 Å². The van der Waals surface area contributed by atoms with Crippen LogP contribution in [0, 0.1) is 0 Å². The zero-order chi connectivity index (χ0) is 19.1. The first-order valence-electron chi connectivity index (χ1n) is 9.37. The molecule has 3 rings (SSSR count). The Bertz CT molecular complexity index is 741. The molecule has 1 heterocycles. The molecule has 6 nitrogen and oxygen atoms in total. The Hall–Kier alpha value is -2.73. The van der Waals surface area contributed by atoms with Crippen molar-refractivity contribution in [3.8, 4) is 5.75 Å². The molecule has 2 amide bonds. The number of anilines is 3. The minimum Gasteiger partial charge on any atom is -0.492 e. The molecule has 0 saturated carbocycles. The normalized spacial score (nSPS) is 14.7. The van der Waals surface area contributed by atoms with E-state index in [1.54, 1.807) is 7.11 Å². The molecule has 2 aromatic carbocycles. The zero-order valence-corrected chi connectivity index (χ0v) is 15.9. The van der Waals surface area contributed by atoms with Crippen LogP contribution in [0.1, 0.15) is 19.8 Å². The van der Waals surface area contributed by atoms with E-state index in [4.69, 9.17) is 9.47 Å². The largest absolute Gasteiger partial charge is 0.492 e. The van der Waals surface area contributed by atoms with Crippen LogP contribution in [0.2, 0.25) is 0 Å². The Morgan fingerprint density at radius 3 is 2.44 bits per heavy atom. The number of hydrogen-bond acceptors (Lipinski definition) is 4. The minimum atomic E-state index is -0.296. The van der Waals surface area contributed by atoms with E-state index < -0.39 is 0 Å². The third kappa shape index (κ3) is 5.14. The molecule has 2 N–H and O–H groups in total. The van der Waals surface area contributed by atoms with E-state index >= 15 is 0 Å². The van der Waals surface area contributed by atoms with Crippen molar-refractivity contribution in [2.75, 3.05) is 42.3 Å². The lowest BCUT2D eigenvalue weighted by molar-refractivity contribution is 0.0819. The Balaban J connectivity index is 1.56. The van der Waals surface area contributed by atoms with Crippen LogP contribution in [0.3, 0.4) is 0 Å². The summed E-state index contributed by atoms with van der Waals surface area (Å²) >= 11 is 0. The summed E-state index contributed by atoms with van der Waals surface area (Å²) in [5.41, 5.74) is 2.56. The number of hydrogen-bond donors (Lipinski definition) is 2. The standard InChI is InChI=1S/C21H27N3O3/c1-3-27-20-7-5-4-6-19(20)23-21(25)22-16-8-10-17(11-9-16)24-14-12-18(26-2)13-15-24/h4-11,18H,3,12-15H2,1-2H3,(H2,22,23,25). The van der Waals surface area contributed by atoms with Gasteiger partial charge >= 0.3 is 6.03 Å². The van der Waals surface area contributed by atoms with Gasteiger partial charge in [-0.1, -0.05) is 12.1 Å². The Kier molecular flexibility index (Phi) is 6.54. The molecule has 1 aliphatic rings. The molecule has 1 aliphatic heterocycles. The highest BCUT2D eigenvalue weighted by Crippen LogP contribution is 2.25. The lowest BCUT2D eigenvalue weighted by atomic mass is 10.1. The van der Waals surface area contributed by atoms with Crippen molar-refractivity contribution in [2.45, 2.75) is 25.9 Å². The number of amides is 2. The van der Waals surface area contributed by atoms with Crippen molar-refractivity contribution in [1.29, 1.82) is 0 Å². The Morgan fingerprint density at radius 1 is 1.07 bits per heavy atom. The number of benzene rings is 2. The van der Waals surface area contributed by atoms with Gasteiger partial charge in [0.2, 0.25) is 0 Å². The molecule has 144 valence electrons. The van der Waals surface area contributed by atoms with Crippen molar-refractivity contribution in [1.82, 2.24) is 0 Å². The average molecular weight is 369 g/mol. The van der Waals surface area contributed by atoms with Crippen LogP contribution in [-0.4, -0.2) is 38.9 Å².